The van der Waals surface area contributed by atoms with Gasteiger partial charge in [-0.2, -0.15) is 0 Å². The van der Waals surface area contributed by atoms with Crippen molar-refractivity contribution >= 4 is 17.8 Å². The molecule has 0 atom stereocenters. The first kappa shape index (κ1) is 21.9. The first-order valence-electron chi connectivity index (χ1n) is 10.2. The van der Waals surface area contributed by atoms with Crippen LogP contribution in [-0.4, -0.2) is 75.4 Å². The van der Waals surface area contributed by atoms with Crippen molar-refractivity contribution in [3.63, 3.8) is 0 Å². The SMILES string of the molecule is COc1cc(C(=O)OCC(=O)NC2CCCC2)ccc1OCC(=O)N1CCOCC1. The van der Waals surface area contributed by atoms with E-state index in [1.54, 1.807) is 11.0 Å². The van der Waals surface area contributed by atoms with E-state index in [0.717, 1.165) is 25.7 Å². The normalized spacial score (nSPS) is 16.8. The van der Waals surface area contributed by atoms with Gasteiger partial charge in [0.05, 0.1) is 25.9 Å². The van der Waals surface area contributed by atoms with E-state index in [1.165, 1.54) is 19.2 Å². The zero-order chi connectivity index (χ0) is 21.3. The number of amides is 2. The molecule has 0 bridgehead atoms. The number of hydrogen-bond acceptors (Lipinski definition) is 7. The number of methoxy groups -OCH3 is 1. The molecule has 1 heterocycles. The first-order chi connectivity index (χ1) is 14.6. The maximum Gasteiger partial charge on any atom is 0.338 e. The monoisotopic (exact) mass is 420 g/mol. The summed E-state index contributed by atoms with van der Waals surface area (Å²) in [6, 6.07) is 4.69. The molecule has 2 aliphatic rings. The van der Waals surface area contributed by atoms with E-state index in [0.29, 0.717) is 37.8 Å². The molecule has 0 unspecified atom stereocenters. The fourth-order valence-corrected chi connectivity index (χ4v) is 3.51. The molecule has 0 aromatic heterocycles. The summed E-state index contributed by atoms with van der Waals surface area (Å²) >= 11 is 0. The molecule has 2 fully saturated rings. The van der Waals surface area contributed by atoms with Gasteiger partial charge in [-0.3, -0.25) is 9.59 Å². The second-order valence-electron chi connectivity index (χ2n) is 7.27. The average Bonchev–Trinajstić information content (AvgIpc) is 3.29. The summed E-state index contributed by atoms with van der Waals surface area (Å²) < 4.78 is 21.2. The minimum Gasteiger partial charge on any atom is -0.493 e. The Kier molecular flexibility index (Phi) is 7.89. The van der Waals surface area contributed by atoms with Gasteiger partial charge < -0.3 is 29.2 Å². The second kappa shape index (κ2) is 10.8. The summed E-state index contributed by atoms with van der Waals surface area (Å²) in [5, 5.41) is 2.87. The van der Waals surface area contributed by atoms with E-state index >= 15 is 0 Å². The summed E-state index contributed by atoms with van der Waals surface area (Å²) in [6.45, 7) is 1.65. The van der Waals surface area contributed by atoms with Crippen LogP contribution in [0.25, 0.3) is 0 Å². The van der Waals surface area contributed by atoms with Crippen molar-refractivity contribution in [3.8, 4) is 11.5 Å². The molecule has 1 N–H and O–H groups in total. The number of carbonyl (C=O) groups excluding carboxylic acids is 3. The highest BCUT2D eigenvalue weighted by atomic mass is 16.5. The van der Waals surface area contributed by atoms with Crippen molar-refractivity contribution < 1.29 is 33.3 Å². The zero-order valence-electron chi connectivity index (χ0n) is 17.2. The number of benzene rings is 1. The molecule has 1 aromatic rings. The molecule has 1 aliphatic carbocycles. The average molecular weight is 420 g/mol. The van der Waals surface area contributed by atoms with E-state index in [-0.39, 0.29) is 36.6 Å². The van der Waals surface area contributed by atoms with Gasteiger partial charge in [0, 0.05) is 19.1 Å². The highest BCUT2D eigenvalue weighted by molar-refractivity contribution is 5.92. The number of esters is 1. The third-order valence-corrected chi connectivity index (χ3v) is 5.17. The Balaban J connectivity index is 1.50. The molecule has 1 aromatic carbocycles. The minimum atomic E-state index is -0.634. The Morgan fingerprint density at radius 2 is 1.83 bits per heavy atom. The van der Waals surface area contributed by atoms with Crippen LogP contribution in [0, 0.1) is 0 Å². The number of nitrogens with one attached hydrogen (secondary N) is 1. The fraction of sp³-hybridized carbons (Fsp3) is 0.571. The van der Waals surface area contributed by atoms with E-state index < -0.39 is 5.97 Å². The van der Waals surface area contributed by atoms with Gasteiger partial charge in [-0.25, -0.2) is 4.79 Å². The lowest BCUT2D eigenvalue weighted by Crippen LogP contribution is -2.43. The highest BCUT2D eigenvalue weighted by Gasteiger charge is 2.20. The second-order valence-corrected chi connectivity index (χ2v) is 7.27. The van der Waals surface area contributed by atoms with Crippen LogP contribution in [0.1, 0.15) is 36.0 Å². The predicted octanol–water partition coefficient (Wildman–Crippen LogP) is 1.15. The van der Waals surface area contributed by atoms with Crippen molar-refractivity contribution in [2.75, 3.05) is 46.6 Å². The minimum absolute atomic E-state index is 0.137. The number of nitrogens with zero attached hydrogens (tertiary/aromatic N) is 1. The van der Waals surface area contributed by atoms with Gasteiger partial charge >= 0.3 is 5.97 Å². The Morgan fingerprint density at radius 3 is 2.53 bits per heavy atom. The van der Waals surface area contributed by atoms with Crippen LogP contribution in [0.2, 0.25) is 0 Å². The summed E-state index contributed by atoms with van der Waals surface area (Å²) in [4.78, 5) is 38.1. The van der Waals surface area contributed by atoms with E-state index in [2.05, 4.69) is 5.32 Å². The van der Waals surface area contributed by atoms with Crippen LogP contribution in [0.5, 0.6) is 11.5 Å². The standard InChI is InChI=1S/C21H28N2O7/c1-27-18-12-15(21(26)30-13-19(24)22-16-4-2-3-5-16)6-7-17(18)29-14-20(25)23-8-10-28-11-9-23/h6-7,12,16H,2-5,8-11,13-14H2,1H3,(H,22,24). The molecule has 1 saturated carbocycles. The van der Waals surface area contributed by atoms with Gasteiger partial charge in [-0.05, 0) is 31.0 Å². The van der Waals surface area contributed by atoms with Gasteiger partial charge in [-0.1, -0.05) is 12.8 Å². The maximum absolute atomic E-state index is 12.3. The molecule has 9 nitrogen and oxygen atoms in total. The van der Waals surface area contributed by atoms with Gasteiger partial charge in [0.25, 0.3) is 11.8 Å². The maximum atomic E-state index is 12.3. The lowest BCUT2D eigenvalue weighted by atomic mass is 10.2. The zero-order valence-corrected chi connectivity index (χ0v) is 17.2. The lowest BCUT2D eigenvalue weighted by molar-refractivity contribution is -0.137. The smallest absolute Gasteiger partial charge is 0.338 e. The molecule has 0 radical (unpaired) electrons. The largest absolute Gasteiger partial charge is 0.493 e. The number of hydrogen-bond donors (Lipinski definition) is 1. The van der Waals surface area contributed by atoms with E-state index in [9.17, 15) is 14.4 Å². The van der Waals surface area contributed by atoms with Crippen molar-refractivity contribution in [1.82, 2.24) is 10.2 Å². The molecule has 30 heavy (non-hydrogen) atoms. The molecule has 2 amide bonds. The number of morpholine rings is 1. The molecule has 9 heteroatoms. The third kappa shape index (κ3) is 6.09. The van der Waals surface area contributed by atoms with Crippen LogP contribution < -0.4 is 14.8 Å². The molecule has 1 aliphatic heterocycles. The molecule has 3 rings (SSSR count). The topological polar surface area (TPSA) is 103 Å². The van der Waals surface area contributed by atoms with E-state index in [4.69, 9.17) is 18.9 Å². The summed E-state index contributed by atoms with van der Waals surface area (Å²) in [5.41, 5.74) is 0.229. The molecule has 1 saturated heterocycles. The van der Waals surface area contributed by atoms with Crippen LogP contribution in [0.3, 0.4) is 0 Å². The van der Waals surface area contributed by atoms with Crippen molar-refractivity contribution in [2.45, 2.75) is 31.7 Å². The van der Waals surface area contributed by atoms with Crippen LogP contribution >= 0.6 is 0 Å². The first-order valence-corrected chi connectivity index (χ1v) is 10.2. The Bertz CT molecular complexity index is 756. The van der Waals surface area contributed by atoms with Gasteiger partial charge in [0.2, 0.25) is 0 Å². The lowest BCUT2D eigenvalue weighted by Gasteiger charge is -2.26. The molecular weight excluding hydrogens is 392 g/mol. The quantitative estimate of drug-likeness (QED) is 0.629. The van der Waals surface area contributed by atoms with Crippen molar-refractivity contribution in [2.24, 2.45) is 0 Å². The van der Waals surface area contributed by atoms with Gasteiger partial charge in [-0.15, -0.1) is 0 Å². The van der Waals surface area contributed by atoms with Crippen molar-refractivity contribution in [1.29, 1.82) is 0 Å². The number of ether oxygens (including phenoxy) is 4. The molecule has 164 valence electrons. The Labute approximate surface area is 175 Å². The highest BCUT2D eigenvalue weighted by Crippen LogP contribution is 2.28. The summed E-state index contributed by atoms with van der Waals surface area (Å²) in [5.74, 6) is -0.434. The van der Waals surface area contributed by atoms with Crippen molar-refractivity contribution in [3.05, 3.63) is 23.8 Å². The van der Waals surface area contributed by atoms with E-state index in [1.807, 2.05) is 0 Å². The van der Waals surface area contributed by atoms with Crippen LogP contribution in [0.4, 0.5) is 0 Å². The molecular formula is C21H28N2O7. The Morgan fingerprint density at radius 1 is 1.10 bits per heavy atom. The van der Waals surface area contributed by atoms with Gasteiger partial charge in [0.15, 0.2) is 24.7 Å². The summed E-state index contributed by atoms with van der Waals surface area (Å²) in [7, 11) is 1.44. The third-order valence-electron chi connectivity index (χ3n) is 5.17. The fourth-order valence-electron chi connectivity index (χ4n) is 3.51. The number of rotatable bonds is 8. The Hall–Kier alpha value is -2.81. The molecule has 0 spiro atoms. The summed E-state index contributed by atoms with van der Waals surface area (Å²) in [6.07, 6.45) is 4.15. The van der Waals surface area contributed by atoms with Gasteiger partial charge in [0.1, 0.15) is 0 Å². The van der Waals surface area contributed by atoms with Crippen LogP contribution in [-0.2, 0) is 19.1 Å². The number of carbonyl (C=O) groups is 3. The van der Waals surface area contributed by atoms with Crippen LogP contribution in [0.15, 0.2) is 18.2 Å². The predicted molar refractivity (Wildman–Crippen MR) is 107 cm³/mol.